The molecule has 4 unspecified atom stereocenters. The monoisotopic (exact) mass is 357 g/mol. The molecule has 0 aliphatic carbocycles. The average Bonchev–Trinajstić information content (AvgIpc) is 3.12. The van der Waals surface area contributed by atoms with Gasteiger partial charge in [-0.2, -0.15) is 0 Å². The van der Waals surface area contributed by atoms with Crippen molar-refractivity contribution in [3.05, 3.63) is 64.6 Å². The molecule has 27 heavy (non-hydrogen) atoms. The summed E-state index contributed by atoms with van der Waals surface area (Å²) in [6.07, 6.45) is 6.03. The normalized spacial score (nSPS) is 29.3. The van der Waals surface area contributed by atoms with E-state index in [0.29, 0.717) is 23.9 Å². The highest BCUT2D eigenvalue weighted by atomic mass is 15.2. The zero-order valence-electron chi connectivity index (χ0n) is 16.4. The summed E-state index contributed by atoms with van der Waals surface area (Å²) >= 11 is 0. The quantitative estimate of drug-likeness (QED) is 0.606. The van der Waals surface area contributed by atoms with Gasteiger partial charge in [-0.05, 0) is 69.5 Å². The highest BCUT2D eigenvalue weighted by Gasteiger charge is 2.49. The molecule has 3 aliphatic heterocycles. The number of benzene rings is 1. The molecule has 1 aromatic carbocycles. The highest BCUT2D eigenvalue weighted by Crippen LogP contribution is 2.56. The summed E-state index contributed by atoms with van der Waals surface area (Å²) in [5.74, 6) is 1.21. The lowest BCUT2D eigenvalue weighted by atomic mass is 9.77. The van der Waals surface area contributed by atoms with Crippen LogP contribution in [0.4, 0.5) is 0 Å². The molecule has 3 aliphatic rings. The maximum absolute atomic E-state index is 4.60. The van der Waals surface area contributed by atoms with E-state index < -0.39 is 0 Å². The first-order chi connectivity index (χ1) is 13.1. The minimum Gasteiger partial charge on any atom is -0.343 e. The van der Waals surface area contributed by atoms with Crippen LogP contribution in [0.2, 0.25) is 0 Å². The van der Waals surface area contributed by atoms with E-state index in [0.717, 1.165) is 12.2 Å². The maximum Gasteiger partial charge on any atom is 0.0486 e. The van der Waals surface area contributed by atoms with E-state index in [1.54, 1.807) is 11.3 Å². The van der Waals surface area contributed by atoms with Gasteiger partial charge in [0, 0.05) is 59.0 Å². The van der Waals surface area contributed by atoms with Gasteiger partial charge in [-0.25, -0.2) is 0 Å². The van der Waals surface area contributed by atoms with Crippen LogP contribution in [0.3, 0.4) is 0 Å². The minimum atomic E-state index is 0.561. The molecule has 0 spiro atoms. The van der Waals surface area contributed by atoms with Crippen LogP contribution < -0.4 is 0 Å². The van der Waals surface area contributed by atoms with Crippen LogP contribution in [0, 0.1) is 13.8 Å². The lowest BCUT2D eigenvalue weighted by molar-refractivity contribution is 0.169. The van der Waals surface area contributed by atoms with Gasteiger partial charge in [-0.15, -0.1) is 0 Å². The molecule has 0 N–H and O–H groups in total. The fraction of sp³-hybridized carbons (Fsp3) is 0.458. The van der Waals surface area contributed by atoms with Crippen LogP contribution in [-0.4, -0.2) is 27.5 Å². The Morgan fingerprint density at radius 2 is 1.96 bits per heavy atom. The standard InChI is InChI=1S/C24H27N3/c1-14-4-7-21-18(10-14)23-22-9-8-20(26(22)3)19-11-17(13-27(21)24(19)23)16-6-5-15(2)25-12-16/h4-7,10,12,17,19-20,22H,8-9,11,13H2,1-3H3. The third kappa shape index (κ3) is 2.09. The average molecular weight is 358 g/mol. The van der Waals surface area contributed by atoms with Gasteiger partial charge < -0.3 is 4.57 Å². The maximum atomic E-state index is 4.60. The van der Waals surface area contributed by atoms with Gasteiger partial charge in [0.1, 0.15) is 0 Å². The third-order valence-corrected chi connectivity index (χ3v) is 7.55. The van der Waals surface area contributed by atoms with Gasteiger partial charge in [0.15, 0.2) is 0 Å². The molecule has 3 aromatic rings. The van der Waals surface area contributed by atoms with Crippen molar-refractivity contribution in [1.82, 2.24) is 14.5 Å². The fourth-order valence-corrected chi connectivity index (χ4v) is 6.28. The van der Waals surface area contributed by atoms with Crippen LogP contribution in [0.15, 0.2) is 36.5 Å². The van der Waals surface area contributed by atoms with E-state index in [1.165, 1.54) is 41.3 Å². The predicted octanol–water partition coefficient (Wildman–Crippen LogP) is 5.07. The van der Waals surface area contributed by atoms with Crippen molar-refractivity contribution in [2.75, 3.05) is 7.05 Å². The van der Waals surface area contributed by atoms with Crippen molar-refractivity contribution in [1.29, 1.82) is 0 Å². The lowest BCUT2D eigenvalue weighted by Gasteiger charge is -2.43. The summed E-state index contributed by atoms with van der Waals surface area (Å²) in [6, 6.07) is 12.9. The molecule has 138 valence electrons. The van der Waals surface area contributed by atoms with Crippen LogP contribution in [-0.2, 0) is 6.54 Å². The molecular formula is C24H27N3. The first-order valence-electron chi connectivity index (χ1n) is 10.4. The van der Waals surface area contributed by atoms with Crippen LogP contribution in [0.25, 0.3) is 10.9 Å². The van der Waals surface area contributed by atoms with Crippen molar-refractivity contribution < 1.29 is 0 Å². The molecule has 6 rings (SSSR count). The third-order valence-electron chi connectivity index (χ3n) is 7.55. The number of nitrogens with zero attached hydrogens (tertiary/aromatic N) is 3. The zero-order valence-corrected chi connectivity index (χ0v) is 16.4. The fourth-order valence-electron chi connectivity index (χ4n) is 6.28. The molecule has 0 radical (unpaired) electrons. The van der Waals surface area contributed by atoms with Gasteiger partial charge in [0.25, 0.3) is 0 Å². The Morgan fingerprint density at radius 3 is 2.78 bits per heavy atom. The number of hydrogen-bond acceptors (Lipinski definition) is 2. The number of fused-ring (bicyclic) bond motifs is 7. The summed E-state index contributed by atoms with van der Waals surface area (Å²) in [6.45, 7) is 5.40. The Morgan fingerprint density at radius 1 is 1.07 bits per heavy atom. The molecule has 2 bridgehead atoms. The molecule has 3 heteroatoms. The molecule has 4 atom stereocenters. The number of aryl methyl sites for hydroxylation is 2. The molecule has 0 amide bonds. The summed E-state index contributed by atoms with van der Waals surface area (Å²) in [5.41, 5.74) is 8.65. The Balaban J connectivity index is 1.58. The molecule has 5 heterocycles. The second-order valence-electron chi connectivity index (χ2n) is 9.03. The number of aromatic nitrogens is 2. The topological polar surface area (TPSA) is 21.1 Å². The first-order valence-corrected chi connectivity index (χ1v) is 10.4. The van der Waals surface area contributed by atoms with E-state index in [4.69, 9.17) is 0 Å². The van der Waals surface area contributed by atoms with Gasteiger partial charge in [-0.3, -0.25) is 9.88 Å². The largest absolute Gasteiger partial charge is 0.343 e. The Hall–Kier alpha value is -2.13. The zero-order chi connectivity index (χ0) is 18.3. The van der Waals surface area contributed by atoms with Gasteiger partial charge in [0.05, 0.1) is 0 Å². The Kier molecular flexibility index (Phi) is 3.20. The Labute approximate surface area is 161 Å². The molecular weight excluding hydrogens is 330 g/mol. The lowest BCUT2D eigenvalue weighted by Crippen LogP contribution is -2.41. The van der Waals surface area contributed by atoms with Crippen LogP contribution in [0.1, 0.15) is 65.2 Å². The van der Waals surface area contributed by atoms with E-state index in [1.807, 2.05) is 0 Å². The summed E-state index contributed by atoms with van der Waals surface area (Å²) in [5, 5.41) is 1.51. The molecule has 1 saturated heterocycles. The van der Waals surface area contributed by atoms with Crippen LogP contribution >= 0.6 is 0 Å². The number of likely N-dealkylation sites (N-methyl/N-ethyl adjacent to an activating group) is 1. The number of rotatable bonds is 1. The predicted molar refractivity (Wildman–Crippen MR) is 109 cm³/mol. The van der Waals surface area contributed by atoms with Gasteiger partial charge in [0.2, 0.25) is 0 Å². The summed E-state index contributed by atoms with van der Waals surface area (Å²) in [7, 11) is 2.36. The van der Waals surface area contributed by atoms with Crippen molar-refractivity contribution in [3.8, 4) is 0 Å². The van der Waals surface area contributed by atoms with E-state index >= 15 is 0 Å². The van der Waals surface area contributed by atoms with Crippen molar-refractivity contribution >= 4 is 10.9 Å². The number of pyridine rings is 1. The van der Waals surface area contributed by atoms with E-state index in [2.05, 4.69) is 71.9 Å². The minimum absolute atomic E-state index is 0.561. The van der Waals surface area contributed by atoms with Gasteiger partial charge >= 0.3 is 0 Å². The molecule has 1 fully saturated rings. The second-order valence-corrected chi connectivity index (χ2v) is 9.03. The second kappa shape index (κ2) is 5.45. The summed E-state index contributed by atoms with van der Waals surface area (Å²) in [4.78, 5) is 7.29. The van der Waals surface area contributed by atoms with E-state index in [-0.39, 0.29) is 0 Å². The first kappa shape index (κ1) is 15.9. The SMILES string of the molecule is Cc1ccc2c(c1)c1c3n2CC(c2ccc(C)nc2)CC3C2CCC1N2C. The van der Waals surface area contributed by atoms with Crippen LogP contribution in [0.5, 0.6) is 0 Å². The Bertz CT molecular complexity index is 1050. The highest BCUT2D eigenvalue weighted by molar-refractivity contribution is 5.88. The number of hydrogen-bond donors (Lipinski definition) is 0. The van der Waals surface area contributed by atoms with Crippen molar-refractivity contribution in [2.45, 2.75) is 63.6 Å². The van der Waals surface area contributed by atoms with Crippen molar-refractivity contribution in [2.24, 2.45) is 0 Å². The summed E-state index contributed by atoms with van der Waals surface area (Å²) < 4.78 is 2.68. The molecule has 2 aromatic heterocycles. The molecule has 3 nitrogen and oxygen atoms in total. The smallest absolute Gasteiger partial charge is 0.0486 e. The van der Waals surface area contributed by atoms with Gasteiger partial charge in [-0.1, -0.05) is 17.7 Å². The van der Waals surface area contributed by atoms with Crippen molar-refractivity contribution in [3.63, 3.8) is 0 Å². The van der Waals surface area contributed by atoms with E-state index in [9.17, 15) is 0 Å². The molecule has 0 saturated carbocycles.